The first-order valence-electron chi connectivity index (χ1n) is 6.44. The number of hydrogen-bond acceptors (Lipinski definition) is 5. The first-order valence-corrected chi connectivity index (χ1v) is 7.26. The molecule has 6 nitrogen and oxygen atoms in total. The summed E-state index contributed by atoms with van der Waals surface area (Å²) in [6.45, 7) is 7.50. The van der Waals surface area contributed by atoms with Gasteiger partial charge in [0, 0.05) is 4.88 Å². The maximum absolute atomic E-state index is 12.1. The van der Waals surface area contributed by atoms with Gasteiger partial charge in [-0.1, -0.05) is 0 Å². The number of hydrogen-bond donors (Lipinski definition) is 2. The molecule has 110 valence electrons. The average molecular weight is 303 g/mol. The van der Waals surface area contributed by atoms with Crippen LogP contribution in [0, 0.1) is 39.0 Å². The van der Waals surface area contributed by atoms with Crippen molar-refractivity contribution in [1.82, 2.24) is 9.78 Å². The quantitative estimate of drug-likeness (QED) is 0.909. The van der Waals surface area contributed by atoms with Crippen molar-refractivity contribution in [3.8, 4) is 6.07 Å². The summed E-state index contributed by atoms with van der Waals surface area (Å²) in [5.74, 6) is -0.224. The summed E-state index contributed by atoms with van der Waals surface area (Å²) >= 11 is 1.41. The number of nitrogen functional groups attached to an aromatic ring is 1. The number of carbonyl (C=O) groups excluding carboxylic acids is 1. The summed E-state index contributed by atoms with van der Waals surface area (Å²) < 4.78 is 1.57. The zero-order valence-electron chi connectivity index (χ0n) is 12.4. The fraction of sp³-hybridized carbons (Fsp3) is 0.357. The summed E-state index contributed by atoms with van der Waals surface area (Å²) in [5.41, 5.74) is 9.36. The minimum Gasteiger partial charge on any atom is -0.396 e. The van der Waals surface area contributed by atoms with Crippen LogP contribution in [0.15, 0.2) is 0 Å². The second-order valence-corrected chi connectivity index (χ2v) is 6.11. The van der Waals surface area contributed by atoms with Crippen LogP contribution in [0.3, 0.4) is 0 Å². The van der Waals surface area contributed by atoms with Gasteiger partial charge in [-0.15, -0.1) is 11.3 Å². The SMILES string of the molecule is Cc1nn(CC(=O)Nc2sc(C)c(C)c2C#N)c(C)c1N. The van der Waals surface area contributed by atoms with E-state index in [1.54, 1.807) is 11.6 Å². The van der Waals surface area contributed by atoms with Crippen LogP contribution in [-0.2, 0) is 11.3 Å². The third kappa shape index (κ3) is 2.76. The second-order valence-electron chi connectivity index (χ2n) is 4.89. The van der Waals surface area contributed by atoms with Crippen LogP contribution < -0.4 is 11.1 Å². The van der Waals surface area contributed by atoms with E-state index in [9.17, 15) is 10.1 Å². The number of aromatic nitrogens is 2. The average Bonchev–Trinajstić information content (AvgIpc) is 2.82. The van der Waals surface area contributed by atoms with Crippen molar-refractivity contribution >= 4 is 27.9 Å². The van der Waals surface area contributed by atoms with E-state index in [-0.39, 0.29) is 12.5 Å². The largest absolute Gasteiger partial charge is 0.396 e. The van der Waals surface area contributed by atoms with E-state index in [0.717, 1.165) is 16.1 Å². The number of carbonyl (C=O) groups is 1. The zero-order chi connectivity index (χ0) is 15.7. The van der Waals surface area contributed by atoms with Gasteiger partial charge < -0.3 is 11.1 Å². The maximum Gasteiger partial charge on any atom is 0.246 e. The van der Waals surface area contributed by atoms with Crippen LogP contribution in [0.5, 0.6) is 0 Å². The number of nitrogens with zero attached hydrogens (tertiary/aromatic N) is 3. The van der Waals surface area contributed by atoms with Gasteiger partial charge >= 0.3 is 0 Å². The molecule has 1 amide bonds. The molecule has 0 aliphatic heterocycles. The van der Waals surface area contributed by atoms with Gasteiger partial charge in [-0.3, -0.25) is 9.48 Å². The van der Waals surface area contributed by atoms with Crippen molar-refractivity contribution in [3.05, 3.63) is 27.4 Å². The van der Waals surface area contributed by atoms with Crippen LogP contribution >= 0.6 is 11.3 Å². The van der Waals surface area contributed by atoms with E-state index in [4.69, 9.17) is 5.73 Å². The van der Waals surface area contributed by atoms with Gasteiger partial charge in [0.05, 0.1) is 22.6 Å². The first kappa shape index (κ1) is 15.1. The number of aryl methyl sites for hydroxylation is 2. The molecule has 0 bridgehead atoms. The summed E-state index contributed by atoms with van der Waals surface area (Å²) in [6.07, 6.45) is 0. The van der Waals surface area contributed by atoms with Crippen LogP contribution in [0.2, 0.25) is 0 Å². The molecule has 0 saturated carbocycles. The molecule has 0 aromatic carbocycles. The van der Waals surface area contributed by atoms with Gasteiger partial charge in [-0.2, -0.15) is 10.4 Å². The number of thiophene rings is 1. The molecule has 0 unspecified atom stereocenters. The number of anilines is 2. The Morgan fingerprint density at radius 1 is 1.43 bits per heavy atom. The third-order valence-corrected chi connectivity index (χ3v) is 4.60. The molecule has 0 spiro atoms. The second kappa shape index (κ2) is 5.58. The number of nitriles is 1. The molecule has 21 heavy (non-hydrogen) atoms. The van der Waals surface area contributed by atoms with E-state index < -0.39 is 0 Å². The lowest BCUT2D eigenvalue weighted by Gasteiger charge is -2.05. The molecule has 0 atom stereocenters. The molecule has 2 aromatic heterocycles. The lowest BCUT2D eigenvalue weighted by Crippen LogP contribution is -2.20. The third-order valence-electron chi connectivity index (χ3n) is 3.48. The Morgan fingerprint density at radius 3 is 2.62 bits per heavy atom. The lowest BCUT2D eigenvalue weighted by atomic mass is 10.2. The highest BCUT2D eigenvalue weighted by Crippen LogP contribution is 2.31. The number of nitrogens with two attached hydrogens (primary N) is 1. The summed E-state index contributed by atoms with van der Waals surface area (Å²) in [7, 11) is 0. The van der Waals surface area contributed by atoms with Gasteiger partial charge in [0.2, 0.25) is 5.91 Å². The number of amides is 1. The lowest BCUT2D eigenvalue weighted by molar-refractivity contribution is -0.116. The molecule has 0 radical (unpaired) electrons. The maximum atomic E-state index is 12.1. The Morgan fingerprint density at radius 2 is 2.10 bits per heavy atom. The van der Waals surface area contributed by atoms with E-state index in [0.29, 0.717) is 21.9 Å². The highest BCUT2D eigenvalue weighted by molar-refractivity contribution is 7.16. The van der Waals surface area contributed by atoms with Crippen molar-refractivity contribution in [1.29, 1.82) is 5.26 Å². The van der Waals surface area contributed by atoms with E-state index in [1.165, 1.54) is 11.3 Å². The van der Waals surface area contributed by atoms with Crippen LogP contribution in [0.25, 0.3) is 0 Å². The Bertz CT molecular complexity index is 750. The van der Waals surface area contributed by atoms with Crippen LogP contribution in [-0.4, -0.2) is 15.7 Å². The highest BCUT2D eigenvalue weighted by atomic mass is 32.1. The number of rotatable bonds is 3. The zero-order valence-corrected chi connectivity index (χ0v) is 13.3. The monoisotopic (exact) mass is 303 g/mol. The predicted octanol–water partition coefficient (Wildman–Crippen LogP) is 2.27. The van der Waals surface area contributed by atoms with Gasteiger partial charge in [-0.25, -0.2) is 0 Å². The molecule has 2 aromatic rings. The normalized spacial score (nSPS) is 10.4. The molecule has 0 aliphatic carbocycles. The van der Waals surface area contributed by atoms with E-state index >= 15 is 0 Å². The molecule has 2 heterocycles. The van der Waals surface area contributed by atoms with E-state index in [1.807, 2.05) is 20.8 Å². The highest BCUT2D eigenvalue weighted by Gasteiger charge is 2.16. The Hall–Kier alpha value is -2.33. The summed E-state index contributed by atoms with van der Waals surface area (Å²) in [6, 6.07) is 2.13. The first-order chi connectivity index (χ1) is 9.85. The summed E-state index contributed by atoms with van der Waals surface area (Å²) in [4.78, 5) is 13.2. The van der Waals surface area contributed by atoms with Crippen LogP contribution in [0.1, 0.15) is 27.4 Å². The predicted molar refractivity (Wildman–Crippen MR) is 83.3 cm³/mol. The summed E-state index contributed by atoms with van der Waals surface area (Å²) in [5, 5.41) is 16.8. The molecule has 3 N–H and O–H groups in total. The molecular formula is C14H17N5OS. The Labute approximate surface area is 127 Å². The van der Waals surface area contributed by atoms with Gasteiger partial charge in [-0.05, 0) is 33.3 Å². The molecule has 0 saturated heterocycles. The topological polar surface area (TPSA) is 96.7 Å². The Kier molecular flexibility index (Phi) is 4.00. The van der Waals surface area contributed by atoms with Gasteiger partial charge in [0.25, 0.3) is 0 Å². The standard InChI is InChI=1S/C14H17N5OS/c1-7-10(4)21-14(11(7)5-15)17-12(20)6-19-9(3)13(16)8(2)18-19/h6,16H2,1-4H3,(H,17,20). The van der Waals surface area contributed by atoms with E-state index in [2.05, 4.69) is 16.5 Å². The van der Waals surface area contributed by atoms with Crippen molar-refractivity contribution in [2.24, 2.45) is 0 Å². The fourth-order valence-corrected chi connectivity index (χ4v) is 3.04. The van der Waals surface area contributed by atoms with Crippen molar-refractivity contribution < 1.29 is 4.79 Å². The van der Waals surface area contributed by atoms with Crippen molar-refractivity contribution in [3.63, 3.8) is 0 Å². The molecular weight excluding hydrogens is 286 g/mol. The Balaban J connectivity index is 2.18. The molecule has 7 heteroatoms. The van der Waals surface area contributed by atoms with Gasteiger partial charge in [0.15, 0.2) is 0 Å². The van der Waals surface area contributed by atoms with Gasteiger partial charge in [0.1, 0.15) is 17.6 Å². The van der Waals surface area contributed by atoms with Crippen molar-refractivity contribution in [2.45, 2.75) is 34.2 Å². The number of nitrogens with one attached hydrogen (secondary N) is 1. The molecule has 0 fully saturated rings. The minimum absolute atomic E-state index is 0.0741. The molecule has 2 rings (SSSR count). The smallest absolute Gasteiger partial charge is 0.246 e. The minimum atomic E-state index is -0.224. The fourth-order valence-electron chi connectivity index (χ4n) is 2.02. The molecule has 0 aliphatic rings. The van der Waals surface area contributed by atoms with Crippen LogP contribution in [0.4, 0.5) is 10.7 Å². The van der Waals surface area contributed by atoms with Crippen molar-refractivity contribution in [2.75, 3.05) is 11.1 Å².